The highest BCUT2D eigenvalue weighted by molar-refractivity contribution is 5.75. The molecule has 1 amide bonds. The highest BCUT2D eigenvalue weighted by Crippen LogP contribution is 2.30. The van der Waals surface area contributed by atoms with Gasteiger partial charge in [-0.15, -0.1) is 0 Å². The number of carbonyl (C=O) groups excluding carboxylic acids is 1. The predicted octanol–water partition coefficient (Wildman–Crippen LogP) is 7.22. The molecule has 0 spiro atoms. The smallest absolute Gasteiger partial charge is 0.222 e. The second-order valence-electron chi connectivity index (χ2n) is 9.47. The molecule has 3 rings (SSSR count). The number of ether oxygens (including phenoxy) is 2. The van der Waals surface area contributed by atoms with Gasteiger partial charge in [-0.05, 0) is 75.1 Å². The van der Waals surface area contributed by atoms with E-state index in [4.69, 9.17) is 9.47 Å². The Bertz CT molecular complexity index is 1030. The Morgan fingerprint density at radius 2 is 1.26 bits per heavy atom. The molecule has 4 heteroatoms. The molecule has 1 atom stereocenters. The van der Waals surface area contributed by atoms with Crippen molar-refractivity contribution < 1.29 is 14.3 Å². The summed E-state index contributed by atoms with van der Waals surface area (Å²) in [5.41, 5.74) is 3.59. The Labute approximate surface area is 210 Å². The number of carbonyl (C=O) groups is 1. The number of hydrogen-bond donors (Lipinski definition) is 0. The summed E-state index contributed by atoms with van der Waals surface area (Å²) in [6.45, 7) is 11.3. The van der Waals surface area contributed by atoms with Crippen LogP contribution < -0.4 is 9.47 Å². The lowest BCUT2D eigenvalue weighted by atomic mass is 9.88. The van der Waals surface area contributed by atoms with E-state index in [1.54, 1.807) is 0 Å². The van der Waals surface area contributed by atoms with Crippen LogP contribution in [0, 0.1) is 0 Å². The summed E-state index contributed by atoms with van der Waals surface area (Å²) >= 11 is 0. The molecule has 0 aliphatic carbocycles. The van der Waals surface area contributed by atoms with Gasteiger partial charge in [0.15, 0.2) is 0 Å². The Balaban J connectivity index is 1.76. The van der Waals surface area contributed by atoms with Gasteiger partial charge in [0.05, 0.1) is 12.2 Å². The molecule has 4 nitrogen and oxygen atoms in total. The van der Waals surface area contributed by atoms with Crippen LogP contribution in [-0.4, -0.2) is 29.6 Å². The lowest BCUT2D eigenvalue weighted by molar-refractivity contribution is -0.131. The van der Waals surface area contributed by atoms with E-state index < -0.39 is 0 Å². The van der Waals surface area contributed by atoms with E-state index in [0.29, 0.717) is 19.5 Å². The van der Waals surface area contributed by atoms with Crippen molar-refractivity contribution in [2.75, 3.05) is 6.54 Å². The Morgan fingerprint density at radius 1 is 0.743 bits per heavy atom. The van der Waals surface area contributed by atoms with Gasteiger partial charge in [-0.1, -0.05) is 61.5 Å². The van der Waals surface area contributed by atoms with Crippen LogP contribution >= 0.6 is 0 Å². The third kappa shape index (κ3) is 8.17. The zero-order chi connectivity index (χ0) is 25.2. The Morgan fingerprint density at radius 3 is 1.77 bits per heavy atom. The molecule has 0 heterocycles. The fourth-order valence-corrected chi connectivity index (χ4v) is 4.23. The lowest BCUT2D eigenvalue weighted by Gasteiger charge is -2.26. The highest BCUT2D eigenvalue weighted by atomic mass is 16.5. The first-order chi connectivity index (χ1) is 16.9. The molecule has 0 N–H and O–H groups in total. The summed E-state index contributed by atoms with van der Waals surface area (Å²) < 4.78 is 11.6. The molecule has 0 aliphatic rings. The normalized spacial score (nSPS) is 12.0. The summed E-state index contributed by atoms with van der Waals surface area (Å²) in [6.07, 6.45) is 1.62. The summed E-state index contributed by atoms with van der Waals surface area (Å²) in [4.78, 5) is 14.8. The van der Waals surface area contributed by atoms with Crippen molar-refractivity contribution in [3.05, 3.63) is 95.6 Å². The number of hydrogen-bond acceptors (Lipinski definition) is 3. The van der Waals surface area contributed by atoms with Crippen LogP contribution in [0.15, 0.2) is 78.9 Å². The van der Waals surface area contributed by atoms with Crippen molar-refractivity contribution in [1.82, 2.24) is 4.90 Å². The average Bonchev–Trinajstić information content (AvgIpc) is 2.85. The summed E-state index contributed by atoms with van der Waals surface area (Å²) in [5, 5.41) is 0. The number of rotatable bonds is 12. The maximum atomic E-state index is 12.8. The first-order valence-electron chi connectivity index (χ1n) is 12.7. The molecule has 0 aliphatic heterocycles. The molecule has 0 bridgehead atoms. The summed E-state index contributed by atoms with van der Waals surface area (Å²) in [5.74, 6) is 2.09. The quantitative estimate of drug-likeness (QED) is 0.279. The second kappa shape index (κ2) is 13.0. The molecule has 0 saturated carbocycles. The van der Waals surface area contributed by atoms with Crippen LogP contribution in [0.2, 0.25) is 0 Å². The fraction of sp³-hybridized carbons (Fsp3) is 0.387. The molecule has 186 valence electrons. The van der Waals surface area contributed by atoms with Gasteiger partial charge in [-0.2, -0.15) is 0 Å². The van der Waals surface area contributed by atoms with Gasteiger partial charge in [0.25, 0.3) is 0 Å². The molecule has 3 aromatic rings. The highest BCUT2D eigenvalue weighted by Gasteiger charge is 2.19. The summed E-state index contributed by atoms with van der Waals surface area (Å²) in [6, 6.07) is 27.0. The van der Waals surface area contributed by atoms with E-state index in [1.165, 1.54) is 11.1 Å². The van der Waals surface area contributed by atoms with Gasteiger partial charge < -0.3 is 14.4 Å². The van der Waals surface area contributed by atoms with Crippen molar-refractivity contribution in [3.63, 3.8) is 0 Å². The van der Waals surface area contributed by atoms with E-state index in [-0.39, 0.29) is 24.0 Å². The van der Waals surface area contributed by atoms with Gasteiger partial charge in [0.1, 0.15) is 11.5 Å². The van der Waals surface area contributed by atoms with E-state index in [2.05, 4.69) is 48.5 Å². The SMILES string of the molecule is CCC(=O)N(CCC(c1ccccc1)c1ccc(OC(C)C)cc1)Cc1ccc(OC(C)C)cc1. The van der Waals surface area contributed by atoms with Crippen LogP contribution in [0.1, 0.15) is 70.1 Å². The van der Waals surface area contributed by atoms with Gasteiger partial charge in [-0.3, -0.25) is 4.79 Å². The molecule has 0 fully saturated rings. The van der Waals surface area contributed by atoms with Crippen LogP contribution in [0.3, 0.4) is 0 Å². The molecule has 35 heavy (non-hydrogen) atoms. The van der Waals surface area contributed by atoms with Crippen molar-refractivity contribution in [2.24, 2.45) is 0 Å². The summed E-state index contributed by atoms with van der Waals surface area (Å²) in [7, 11) is 0. The zero-order valence-corrected chi connectivity index (χ0v) is 21.7. The molecule has 0 radical (unpaired) electrons. The molecular formula is C31H39NO3. The van der Waals surface area contributed by atoms with Crippen LogP contribution in [0.25, 0.3) is 0 Å². The minimum Gasteiger partial charge on any atom is -0.491 e. The maximum Gasteiger partial charge on any atom is 0.222 e. The zero-order valence-electron chi connectivity index (χ0n) is 21.7. The maximum absolute atomic E-state index is 12.8. The standard InChI is InChI=1S/C31H39NO3/c1-6-31(33)32(22-25-12-16-28(17-13-25)34-23(2)3)21-20-30(26-10-8-7-9-11-26)27-14-18-29(19-15-27)35-24(4)5/h7-19,23-24,30H,6,20-22H2,1-5H3. The third-order valence-electron chi connectivity index (χ3n) is 5.87. The molecular weight excluding hydrogens is 434 g/mol. The van der Waals surface area contributed by atoms with Gasteiger partial charge in [0.2, 0.25) is 5.91 Å². The minimum absolute atomic E-state index is 0.139. The Kier molecular flexibility index (Phi) is 9.77. The van der Waals surface area contributed by atoms with E-state index in [9.17, 15) is 4.79 Å². The molecule has 1 unspecified atom stereocenters. The number of benzene rings is 3. The molecule has 3 aromatic carbocycles. The van der Waals surface area contributed by atoms with E-state index in [0.717, 1.165) is 23.5 Å². The van der Waals surface area contributed by atoms with Crippen LogP contribution in [0.5, 0.6) is 11.5 Å². The third-order valence-corrected chi connectivity index (χ3v) is 5.87. The number of nitrogens with zero attached hydrogens (tertiary/aromatic N) is 1. The monoisotopic (exact) mass is 473 g/mol. The first kappa shape index (κ1) is 26.3. The van der Waals surface area contributed by atoms with Gasteiger partial charge in [-0.25, -0.2) is 0 Å². The fourth-order valence-electron chi connectivity index (χ4n) is 4.23. The van der Waals surface area contributed by atoms with E-state index in [1.807, 2.05) is 69.9 Å². The second-order valence-corrected chi connectivity index (χ2v) is 9.47. The van der Waals surface area contributed by atoms with Gasteiger partial charge in [0, 0.05) is 25.4 Å². The average molecular weight is 474 g/mol. The Hall–Kier alpha value is -3.27. The lowest BCUT2D eigenvalue weighted by Crippen LogP contribution is -2.31. The largest absolute Gasteiger partial charge is 0.491 e. The predicted molar refractivity (Wildman–Crippen MR) is 143 cm³/mol. The van der Waals surface area contributed by atoms with Gasteiger partial charge >= 0.3 is 0 Å². The van der Waals surface area contributed by atoms with Crippen molar-refractivity contribution in [3.8, 4) is 11.5 Å². The molecule has 0 aromatic heterocycles. The van der Waals surface area contributed by atoms with E-state index >= 15 is 0 Å². The molecule has 0 saturated heterocycles. The van der Waals surface area contributed by atoms with Crippen molar-refractivity contribution >= 4 is 5.91 Å². The van der Waals surface area contributed by atoms with Crippen LogP contribution in [0.4, 0.5) is 0 Å². The van der Waals surface area contributed by atoms with Crippen molar-refractivity contribution in [2.45, 2.75) is 72.1 Å². The number of amides is 1. The van der Waals surface area contributed by atoms with Crippen LogP contribution in [-0.2, 0) is 11.3 Å². The van der Waals surface area contributed by atoms with Crippen molar-refractivity contribution in [1.29, 1.82) is 0 Å². The first-order valence-corrected chi connectivity index (χ1v) is 12.7. The minimum atomic E-state index is 0.139. The topological polar surface area (TPSA) is 38.8 Å².